The van der Waals surface area contributed by atoms with Gasteiger partial charge in [-0.05, 0) is 56.4 Å². The molecule has 1 aromatic carbocycles. The fourth-order valence-electron chi connectivity index (χ4n) is 6.44. The van der Waals surface area contributed by atoms with Gasteiger partial charge in [-0.1, -0.05) is 92.4 Å². The number of hydrogen-bond donors (Lipinski definition) is 2. The second-order valence-corrected chi connectivity index (χ2v) is 16.6. The molecule has 0 aliphatic carbocycles. The quantitative estimate of drug-likeness (QED) is 0.155. The van der Waals surface area contributed by atoms with Gasteiger partial charge in [-0.2, -0.15) is 5.10 Å². The lowest BCUT2D eigenvalue weighted by Crippen LogP contribution is -2.30. The molecular formula is C36H59N7O3S. The van der Waals surface area contributed by atoms with E-state index >= 15 is 0 Å². The van der Waals surface area contributed by atoms with Crippen LogP contribution in [-0.4, -0.2) is 71.3 Å². The number of unbranched alkanes of at least 4 members (excludes halogenated alkanes) is 9. The summed E-state index contributed by atoms with van der Waals surface area (Å²) in [6.07, 6.45) is 13.4. The maximum atomic E-state index is 12.7. The molecule has 11 heteroatoms. The molecule has 2 atom stereocenters. The summed E-state index contributed by atoms with van der Waals surface area (Å²) < 4.78 is 28.3. The van der Waals surface area contributed by atoms with Gasteiger partial charge in [-0.15, -0.1) is 9.89 Å². The summed E-state index contributed by atoms with van der Waals surface area (Å²) in [4.78, 5) is 14.0. The van der Waals surface area contributed by atoms with Crippen LogP contribution in [0.1, 0.15) is 141 Å². The highest BCUT2D eigenvalue weighted by Gasteiger charge is 2.36. The third-order valence-corrected chi connectivity index (χ3v) is 10.7. The van der Waals surface area contributed by atoms with Crippen molar-refractivity contribution in [3.8, 4) is 0 Å². The molecule has 2 unspecified atom stereocenters. The van der Waals surface area contributed by atoms with E-state index in [0.717, 1.165) is 49.2 Å². The normalized spacial score (nSPS) is 17.8. The number of aryl methyl sites for hydroxylation is 1. The molecule has 47 heavy (non-hydrogen) atoms. The van der Waals surface area contributed by atoms with Gasteiger partial charge in [0.15, 0.2) is 5.82 Å². The van der Waals surface area contributed by atoms with E-state index in [-0.39, 0.29) is 30.2 Å². The number of fused-ring (bicyclic) bond motifs is 2. The van der Waals surface area contributed by atoms with Crippen molar-refractivity contribution in [1.29, 1.82) is 0 Å². The summed E-state index contributed by atoms with van der Waals surface area (Å²) in [5, 5.41) is 18.9. The average Bonchev–Trinajstić information content (AvgIpc) is 3.67. The van der Waals surface area contributed by atoms with Crippen LogP contribution in [0.4, 0.5) is 11.4 Å². The second-order valence-electron chi connectivity index (χ2n) is 14.7. The molecule has 2 aliphatic heterocycles. The lowest BCUT2D eigenvalue weighted by molar-refractivity contribution is 0.288. The molecule has 1 aromatic heterocycles. The van der Waals surface area contributed by atoms with Crippen molar-refractivity contribution < 1.29 is 13.5 Å². The predicted molar refractivity (Wildman–Crippen MR) is 194 cm³/mol. The first-order valence-corrected chi connectivity index (χ1v) is 19.6. The van der Waals surface area contributed by atoms with Crippen LogP contribution in [0.5, 0.6) is 0 Å². The third kappa shape index (κ3) is 9.95. The second kappa shape index (κ2) is 16.7. The van der Waals surface area contributed by atoms with Gasteiger partial charge in [-0.3, -0.25) is 0 Å². The van der Waals surface area contributed by atoms with Crippen LogP contribution in [0.2, 0.25) is 0 Å². The van der Waals surface area contributed by atoms with E-state index in [2.05, 4.69) is 68.4 Å². The number of aliphatic imine (C=N–C) groups is 1. The van der Waals surface area contributed by atoms with Crippen LogP contribution >= 0.6 is 0 Å². The minimum Gasteiger partial charge on any atom is -0.396 e. The molecule has 0 fully saturated rings. The van der Waals surface area contributed by atoms with Gasteiger partial charge in [0.1, 0.15) is 5.71 Å². The minimum atomic E-state index is -3.37. The highest BCUT2D eigenvalue weighted by atomic mass is 32.2. The Labute approximate surface area is 283 Å². The maximum Gasteiger partial charge on any atom is 0.211 e. The lowest BCUT2D eigenvalue weighted by atomic mass is 9.87. The van der Waals surface area contributed by atoms with E-state index in [9.17, 15) is 13.5 Å². The topological polar surface area (TPSA) is 125 Å². The van der Waals surface area contributed by atoms with Crippen molar-refractivity contribution in [3.63, 3.8) is 0 Å². The van der Waals surface area contributed by atoms with Crippen LogP contribution in [0.15, 0.2) is 22.2 Å². The molecule has 3 heterocycles. The van der Waals surface area contributed by atoms with Gasteiger partial charge in [0.2, 0.25) is 15.8 Å². The number of aromatic nitrogens is 3. The molecule has 2 aliphatic rings. The molecule has 262 valence electrons. The zero-order valence-electron chi connectivity index (χ0n) is 30.0. The van der Waals surface area contributed by atoms with Gasteiger partial charge in [0.05, 0.1) is 17.2 Å². The Bertz CT molecular complexity index is 1510. The van der Waals surface area contributed by atoms with Crippen molar-refractivity contribution >= 4 is 32.8 Å². The monoisotopic (exact) mass is 669 g/mol. The Kier molecular flexibility index (Phi) is 13.2. The molecule has 0 amide bonds. The molecule has 0 saturated heterocycles. The first-order chi connectivity index (χ1) is 22.3. The van der Waals surface area contributed by atoms with E-state index in [4.69, 9.17) is 15.1 Å². The molecule has 2 N–H and O–H groups in total. The van der Waals surface area contributed by atoms with E-state index in [0.29, 0.717) is 29.8 Å². The first-order valence-electron chi connectivity index (χ1n) is 18.0. The van der Waals surface area contributed by atoms with Crippen LogP contribution in [0.25, 0.3) is 0 Å². The lowest BCUT2D eigenvalue weighted by Gasteiger charge is -2.25. The fraction of sp³-hybridized carbons (Fsp3) is 0.722. The minimum absolute atomic E-state index is 0.150. The van der Waals surface area contributed by atoms with Gasteiger partial charge >= 0.3 is 0 Å². The summed E-state index contributed by atoms with van der Waals surface area (Å²) in [6, 6.07) is 4.76. The molecular weight excluding hydrogens is 611 g/mol. The first kappa shape index (κ1) is 37.2. The number of anilines is 1. The van der Waals surface area contributed by atoms with Crippen molar-refractivity contribution in [1.82, 2.24) is 19.6 Å². The highest BCUT2D eigenvalue weighted by Crippen LogP contribution is 2.38. The summed E-state index contributed by atoms with van der Waals surface area (Å²) in [5.74, 6) is 1.06. The van der Waals surface area contributed by atoms with Crippen LogP contribution in [0.3, 0.4) is 0 Å². The number of aliphatic hydroxyl groups excluding tert-OH is 1. The number of nitrogens with one attached hydrogen (secondary N) is 1. The largest absolute Gasteiger partial charge is 0.396 e. The average molecular weight is 670 g/mol. The zero-order valence-corrected chi connectivity index (χ0v) is 30.8. The Morgan fingerprint density at radius 3 is 2.34 bits per heavy atom. The number of rotatable bonds is 19. The Morgan fingerprint density at radius 1 is 1.04 bits per heavy atom. The Balaban J connectivity index is 1.39. The summed E-state index contributed by atoms with van der Waals surface area (Å²) >= 11 is 0. The van der Waals surface area contributed by atoms with Crippen LogP contribution < -0.4 is 9.62 Å². The van der Waals surface area contributed by atoms with Gasteiger partial charge < -0.3 is 10.0 Å². The molecule has 2 aromatic rings. The third-order valence-electron chi connectivity index (χ3n) is 9.31. The van der Waals surface area contributed by atoms with Gasteiger partial charge in [0, 0.05) is 42.8 Å². The van der Waals surface area contributed by atoms with E-state index in [1.165, 1.54) is 56.2 Å². The van der Waals surface area contributed by atoms with Crippen molar-refractivity contribution in [3.05, 3.63) is 34.9 Å². The number of nitrogens with zero attached hydrogens (tertiary/aromatic N) is 6. The molecule has 0 radical (unpaired) electrons. The Morgan fingerprint density at radius 2 is 1.70 bits per heavy atom. The number of sulfonamides is 1. The zero-order chi connectivity index (χ0) is 34.2. The van der Waals surface area contributed by atoms with Crippen LogP contribution in [0, 0.1) is 12.3 Å². The predicted octanol–water partition coefficient (Wildman–Crippen LogP) is 7.05. The van der Waals surface area contributed by atoms with Crippen molar-refractivity contribution in [2.45, 2.75) is 137 Å². The smallest absolute Gasteiger partial charge is 0.211 e. The molecule has 0 spiro atoms. The molecule has 0 bridgehead atoms. The standard InChI is InChI=1S/C36H59N7O3S/c1-8-9-10-11-12-13-14-15-16-17-21-47(45,46)37-25-27(3)34-39-35-32(33(36(5,6)7)40-43(35)41-34)38-30-24-29-23-28(4)42(19-18-20-44)31(29)22-26(30)2/h22,24,27-28,37,44H,8-21,23,25H2,1-7H3/b38-32-. The fourth-order valence-corrected chi connectivity index (χ4v) is 7.67. The molecule has 0 saturated carbocycles. The molecule has 10 nitrogen and oxygen atoms in total. The van der Waals surface area contributed by atoms with Gasteiger partial charge in [0.25, 0.3) is 0 Å². The highest BCUT2D eigenvalue weighted by molar-refractivity contribution is 7.89. The number of aliphatic hydroxyl groups is 1. The molecule has 4 rings (SSSR count). The maximum absolute atomic E-state index is 12.7. The number of benzene rings is 1. The van der Waals surface area contributed by atoms with E-state index < -0.39 is 10.0 Å². The van der Waals surface area contributed by atoms with E-state index in [1.807, 2.05) is 6.92 Å². The van der Waals surface area contributed by atoms with Crippen molar-refractivity contribution in [2.24, 2.45) is 15.5 Å². The summed E-state index contributed by atoms with van der Waals surface area (Å²) in [7, 11) is -3.37. The number of hydrogen-bond acceptors (Lipinski definition) is 8. The van der Waals surface area contributed by atoms with E-state index in [1.54, 1.807) is 4.79 Å². The summed E-state index contributed by atoms with van der Waals surface area (Å²) in [6.45, 7) is 16.1. The Hall–Kier alpha value is -2.63. The van der Waals surface area contributed by atoms with Gasteiger partial charge in [-0.25, -0.2) is 23.1 Å². The van der Waals surface area contributed by atoms with Crippen LogP contribution in [-0.2, 0) is 16.4 Å². The SMILES string of the molecule is CCCCCCCCCCCCS(=O)(=O)NCC(C)c1nc2n(n1)N=C(C(C)(C)C)/C2=N/c1cc2c(cc1C)N(CCCO)C(C)C2. The van der Waals surface area contributed by atoms with Crippen molar-refractivity contribution in [2.75, 3.05) is 30.3 Å². The summed E-state index contributed by atoms with van der Waals surface area (Å²) in [5.41, 5.74) is 5.68.